The Morgan fingerprint density at radius 1 is 0.909 bits per heavy atom. The smallest absolute Gasteiger partial charge is 0.0110 e. The molecule has 1 aromatic carbocycles. The third-order valence-electron chi connectivity index (χ3n) is 1.89. The zero-order chi connectivity index (χ0) is 8.59. The Bertz CT molecular complexity index is 264. The van der Waals surface area contributed by atoms with Crippen LogP contribution in [0.25, 0.3) is 0 Å². The van der Waals surface area contributed by atoms with E-state index in [1.807, 2.05) is 6.92 Å². The molecular weight excluding hydrogens is 172 g/mol. The molecule has 0 aliphatic carbocycles. The molecule has 0 saturated heterocycles. The van der Waals surface area contributed by atoms with Gasteiger partial charge in [-0.25, -0.2) is 0 Å². The summed E-state index contributed by atoms with van der Waals surface area (Å²) in [5, 5.41) is 0. The number of hydrogen-bond donors (Lipinski definition) is 2. The summed E-state index contributed by atoms with van der Waals surface area (Å²) in [6.45, 7) is 6.18. The number of thiol groups is 2. The molecule has 0 N–H and O–H groups in total. The first-order valence-electron chi connectivity index (χ1n) is 3.52. The number of rotatable bonds is 0. The standard InChI is InChI=1S/C9H12S2/c1-5-4-6(2)9(11)7(3)8(5)10/h4,10-11H,1-3H3. The Morgan fingerprint density at radius 2 is 1.27 bits per heavy atom. The van der Waals surface area contributed by atoms with Gasteiger partial charge in [-0.05, 0) is 37.5 Å². The van der Waals surface area contributed by atoms with Gasteiger partial charge >= 0.3 is 0 Å². The van der Waals surface area contributed by atoms with Crippen molar-refractivity contribution in [2.75, 3.05) is 0 Å². The van der Waals surface area contributed by atoms with Crippen LogP contribution in [0.3, 0.4) is 0 Å². The highest BCUT2D eigenvalue weighted by molar-refractivity contribution is 7.81. The van der Waals surface area contributed by atoms with Crippen LogP contribution in [0.4, 0.5) is 0 Å². The maximum Gasteiger partial charge on any atom is 0.0110 e. The van der Waals surface area contributed by atoms with Crippen LogP contribution in [0.1, 0.15) is 16.7 Å². The van der Waals surface area contributed by atoms with Crippen LogP contribution >= 0.6 is 25.3 Å². The van der Waals surface area contributed by atoms with E-state index >= 15 is 0 Å². The van der Waals surface area contributed by atoms with Crippen molar-refractivity contribution in [2.24, 2.45) is 0 Å². The molecule has 2 heteroatoms. The second-order valence-electron chi connectivity index (χ2n) is 2.83. The van der Waals surface area contributed by atoms with Gasteiger partial charge in [-0.15, -0.1) is 25.3 Å². The molecule has 0 unspecified atom stereocenters. The van der Waals surface area contributed by atoms with E-state index in [1.54, 1.807) is 0 Å². The van der Waals surface area contributed by atoms with Gasteiger partial charge in [0.1, 0.15) is 0 Å². The zero-order valence-corrected chi connectivity index (χ0v) is 8.76. The van der Waals surface area contributed by atoms with Crippen molar-refractivity contribution in [1.82, 2.24) is 0 Å². The quantitative estimate of drug-likeness (QED) is 0.568. The van der Waals surface area contributed by atoms with Crippen LogP contribution in [0.15, 0.2) is 15.9 Å². The summed E-state index contributed by atoms with van der Waals surface area (Å²) in [5.41, 5.74) is 3.62. The van der Waals surface area contributed by atoms with E-state index in [9.17, 15) is 0 Å². The van der Waals surface area contributed by atoms with Crippen LogP contribution in [0, 0.1) is 20.8 Å². The van der Waals surface area contributed by atoms with Crippen molar-refractivity contribution in [3.63, 3.8) is 0 Å². The summed E-state index contributed by atoms with van der Waals surface area (Å²) in [7, 11) is 0. The molecule has 11 heavy (non-hydrogen) atoms. The van der Waals surface area contributed by atoms with Crippen molar-refractivity contribution in [1.29, 1.82) is 0 Å². The molecular formula is C9H12S2. The molecule has 0 atom stereocenters. The van der Waals surface area contributed by atoms with Crippen LogP contribution < -0.4 is 0 Å². The van der Waals surface area contributed by atoms with Crippen molar-refractivity contribution in [3.05, 3.63) is 22.8 Å². The minimum absolute atomic E-state index is 1.06. The highest BCUT2D eigenvalue weighted by atomic mass is 32.1. The first-order chi connectivity index (χ1) is 5.04. The molecule has 0 aliphatic heterocycles. The lowest BCUT2D eigenvalue weighted by Gasteiger charge is -2.09. The molecule has 0 fully saturated rings. The van der Waals surface area contributed by atoms with Crippen LogP contribution in [-0.4, -0.2) is 0 Å². The van der Waals surface area contributed by atoms with E-state index in [1.165, 1.54) is 16.7 Å². The second-order valence-corrected chi connectivity index (χ2v) is 3.73. The first kappa shape index (κ1) is 9.01. The lowest BCUT2D eigenvalue weighted by atomic mass is 10.1. The Balaban J connectivity index is 3.46. The monoisotopic (exact) mass is 184 g/mol. The molecule has 1 rings (SSSR count). The van der Waals surface area contributed by atoms with Gasteiger partial charge in [0, 0.05) is 9.79 Å². The average Bonchev–Trinajstić information content (AvgIpc) is 1.97. The van der Waals surface area contributed by atoms with E-state index in [0.29, 0.717) is 0 Å². The lowest BCUT2D eigenvalue weighted by molar-refractivity contribution is 1.10. The number of hydrogen-bond acceptors (Lipinski definition) is 2. The van der Waals surface area contributed by atoms with E-state index in [-0.39, 0.29) is 0 Å². The van der Waals surface area contributed by atoms with Gasteiger partial charge in [0.15, 0.2) is 0 Å². The fourth-order valence-corrected chi connectivity index (χ4v) is 1.61. The van der Waals surface area contributed by atoms with Crippen LogP contribution in [0.2, 0.25) is 0 Å². The van der Waals surface area contributed by atoms with Gasteiger partial charge < -0.3 is 0 Å². The van der Waals surface area contributed by atoms with E-state index in [4.69, 9.17) is 0 Å². The van der Waals surface area contributed by atoms with Crippen molar-refractivity contribution in [2.45, 2.75) is 30.6 Å². The molecule has 0 bridgehead atoms. The third kappa shape index (κ3) is 1.57. The SMILES string of the molecule is Cc1cc(C)c(S)c(C)c1S. The maximum atomic E-state index is 4.38. The Morgan fingerprint density at radius 3 is 1.64 bits per heavy atom. The zero-order valence-electron chi connectivity index (χ0n) is 6.97. The molecule has 0 amide bonds. The van der Waals surface area contributed by atoms with Crippen LogP contribution in [0.5, 0.6) is 0 Å². The molecule has 0 heterocycles. The molecule has 0 saturated carbocycles. The van der Waals surface area contributed by atoms with Gasteiger partial charge in [-0.1, -0.05) is 6.07 Å². The normalized spacial score (nSPS) is 10.3. The topological polar surface area (TPSA) is 0 Å². The summed E-state index contributed by atoms with van der Waals surface area (Å²) in [6, 6.07) is 2.11. The predicted molar refractivity (Wildman–Crippen MR) is 55.2 cm³/mol. The molecule has 0 nitrogen and oxygen atoms in total. The van der Waals surface area contributed by atoms with Gasteiger partial charge in [0.25, 0.3) is 0 Å². The molecule has 1 aromatic rings. The second kappa shape index (κ2) is 3.11. The predicted octanol–water partition coefficient (Wildman–Crippen LogP) is 3.19. The van der Waals surface area contributed by atoms with Crippen molar-refractivity contribution >= 4 is 25.3 Å². The third-order valence-corrected chi connectivity index (χ3v) is 3.27. The van der Waals surface area contributed by atoms with E-state index in [2.05, 4.69) is 45.2 Å². The van der Waals surface area contributed by atoms with Crippen LogP contribution in [-0.2, 0) is 0 Å². The summed E-state index contributed by atoms with van der Waals surface area (Å²) >= 11 is 8.76. The fraction of sp³-hybridized carbons (Fsp3) is 0.333. The summed E-state index contributed by atoms with van der Waals surface area (Å²) < 4.78 is 0. The van der Waals surface area contributed by atoms with Gasteiger partial charge in [0.2, 0.25) is 0 Å². The Kier molecular flexibility index (Phi) is 2.55. The summed E-state index contributed by atoms with van der Waals surface area (Å²) in [4.78, 5) is 2.11. The first-order valence-corrected chi connectivity index (χ1v) is 4.42. The fourth-order valence-electron chi connectivity index (χ4n) is 1.17. The molecule has 60 valence electrons. The van der Waals surface area contributed by atoms with E-state index in [0.717, 1.165) is 9.79 Å². The van der Waals surface area contributed by atoms with Crippen molar-refractivity contribution in [3.8, 4) is 0 Å². The number of aryl methyl sites for hydroxylation is 2. The summed E-state index contributed by atoms with van der Waals surface area (Å²) in [6.07, 6.45) is 0. The van der Waals surface area contributed by atoms with Gasteiger partial charge in [-0.3, -0.25) is 0 Å². The highest BCUT2D eigenvalue weighted by Gasteiger charge is 2.04. The average molecular weight is 184 g/mol. The Hall–Kier alpha value is -0.0800. The van der Waals surface area contributed by atoms with Gasteiger partial charge in [0.05, 0.1) is 0 Å². The molecule has 0 aromatic heterocycles. The largest absolute Gasteiger partial charge is 0.143 e. The lowest BCUT2D eigenvalue weighted by Crippen LogP contribution is -1.88. The number of benzene rings is 1. The summed E-state index contributed by atoms with van der Waals surface area (Å²) in [5.74, 6) is 0. The highest BCUT2D eigenvalue weighted by Crippen LogP contribution is 2.27. The van der Waals surface area contributed by atoms with E-state index < -0.39 is 0 Å². The minimum atomic E-state index is 1.06. The van der Waals surface area contributed by atoms with Gasteiger partial charge in [-0.2, -0.15) is 0 Å². The molecule has 0 aliphatic rings. The molecule has 0 spiro atoms. The molecule has 0 radical (unpaired) electrons. The Labute approximate surface area is 78.8 Å². The van der Waals surface area contributed by atoms with Crippen molar-refractivity contribution < 1.29 is 0 Å². The maximum absolute atomic E-state index is 4.38. The minimum Gasteiger partial charge on any atom is -0.143 e.